The molecule has 0 fully saturated rings. The molecule has 0 bridgehead atoms. The molecule has 0 N–H and O–H groups in total. The monoisotopic (exact) mass is 207 g/mol. The Kier molecular flexibility index (Phi) is 3.97. The quantitative estimate of drug-likeness (QED) is 0.427. The van der Waals surface area contributed by atoms with E-state index in [4.69, 9.17) is 4.74 Å². The molecule has 0 radical (unpaired) electrons. The lowest BCUT2D eigenvalue weighted by Gasteiger charge is -2.06. The van der Waals surface area contributed by atoms with Crippen LogP contribution < -0.4 is 0 Å². The average molecular weight is 207 g/mol. The van der Waals surface area contributed by atoms with Crippen LogP contribution in [0.15, 0.2) is 24.5 Å². The van der Waals surface area contributed by atoms with E-state index in [9.17, 15) is 9.59 Å². The molecule has 0 spiro atoms. The molecule has 0 aliphatic heterocycles. The summed E-state index contributed by atoms with van der Waals surface area (Å²) in [5.41, 5.74) is 0.478. The van der Waals surface area contributed by atoms with E-state index < -0.39 is 5.97 Å². The van der Waals surface area contributed by atoms with Crippen molar-refractivity contribution in [2.75, 3.05) is 0 Å². The van der Waals surface area contributed by atoms with Gasteiger partial charge in [0.1, 0.15) is 6.42 Å². The molecule has 0 aliphatic carbocycles. The van der Waals surface area contributed by atoms with Gasteiger partial charge in [0.05, 0.1) is 6.10 Å². The Balaban J connectivity index is 2.53. The van der Waals surface area contributed by atoms with Crippen LogP contribution in [0.5, 0.6) is 0 Å². The lowest BCUT2D eigenvalue weighted by atomic mass is 10.1. The largest absolute Gasteiger partial charge is 0.463 e. The van der Waals surface area contributed by atoms with Crippen LogP contribution in [0.2, 0.25) is 0 Å². The summed E-state index contributed by atoms with van der Waals surface area (Å²) in [6.45, 7) is 3.49. The molecule has 15 heavy (non-hydrogen) atoms. The molecule has 0 saturated carbocycles. The SMILES string of the molecule is CC(C)OC(=O)CC(=O)c1ccncc1. The van der Waals surface area contributed by atoms with E-state index in [-0.39, 0.29) is 18.3 Å². The Labute approximate surface area is 88.3 Å². The van der Waals surface area contributed by atoms with E-state index in [1.54, 1.807) is 26.0 Å². The number of ether oxygens (including phenoxy) is 1. The minimum absolute atomic E-state index is 0.192. The summed E-state index contributed by atoms with van der Waals surface area (Å²) in [5, 5.41) is 0. The van der Waals surface area contributed by atoms with Crippen LogP contribution in [0, 0.1) is 0 Å². The van der Waals surface area contributed by atoms with Gasteiger partial charge in [0.2, 0.25) is 0 Å². The summed E-state index contributed by atoms with van der Waals surface area (Å²) in [4.78, 5) is 26.5. The summed E-state index contributed by atoms with van der Waals surface area (Å²) >= 11 is 0. The third-order valence-electron chi connectivity index (χ3n) is 1.67. The zero-order valence-electron chi connectivity index (χ0n) is 8.77. The van der Waals surface area contributed by atoms with E-state index >= 15 is 0 Å². The number of ketones is 1. The van der Waals surface area contributed by atoms with Crippen LogP contribution in [-0.2, 0) is 9.53 Å². The number of aromatic nitrogens is 1. The van der Waals surface area contributed by atoms with Crippen molar-refractivity contribution >= 4 is 11.8 Å². The van der Waals surface area contributed by atoms with Gasteiger partial charge in [0.15, 0.2) is 5.78 Å². The van der Waals surface area contributed by atoms with Crippen LogP contribution in [0.3, 0.4) is 0 Å². The smallest absolute Gasteiger partial charge is 0.313 e. The van der Waals surface area contributed by atoms with Gasteiger partial charge in [0, 0.05) is 18.0 Å². The molecular weight excluding hydrogens is 194 g/mol. The maximum absolute atomic E-state index is 11.5. The predicted octanol–water partition coefficient (Wildman–Crippen LogP) is 1.61. The standard InChI is InChI=1S/C11H13NO3/c1-8(2)15-11(14)7-10(13)9-3-5-12-6-4-9/h3-6,8H,7H2,1-2H3. The molecule has 0 atom stereocenters. The van der Waals surface area contributed by atoms with Crippen LogP contribution in [-0.4, -0.2) is 22.8 Å². The second-order valence-corrected chi connectivity index (χ2v) is 3.37. The van der Waals surface area contributed by atoms with Crippen molar-refractivity contribution in [1.82, 2.24) is 4.98 Å². The molecule has 4 heteroatoms. The molecule has 0 saturated heterocycles. The second-order valence-electron chi connectivity index (χ2n) is 3.37. The number of carbonyl (C=O) groups excluding carboxylic acids is 2. The molecule has 0 amide bonds. The summed E-state index contributed by atoms with van der Waals surface area (Å²) in [5.74, 6) is -0.741. The summed E-state index contributed by atoms with van der Waals surface area (Å²) in [6.07, 6.45) is 2.62. The second kappa shape index (κ2) is 5.24. The van der Waals surface area contributed by atoms with E-state index in [0.717, 1.165) is 0 Å². The molecule has 1 rings (SSSR count). The number of Topliss-reactive ketones (excluding diaryl/α,β-unsaturated/α-hetero) is 1. The first-order chi connectivity index (χ1) is 7.09. The molecule has 80 valence electrons. The Morgan fingerprint density at radius 3 is 2.47 bits per heavy atom. The van der Waals surface area contributed by atoms with Crippen molar-refractivity contribution < 1.29 is 14.3 Å². The van der Waals surface area contributed by atoms with Gasteiger partial charge < -0.3 is 4.74 Å². The first kappa shape index (κ1) is 11.4. The molecular formula is C11H13NO3. The summed E-state index contributed by atoms with van der Waals surface area (Å²) < 4.78 is 4.87. The first-order valence-corrected chi connectivity index (χ1v) is 4.72. The predicted molar refractivity (Wildman–Crippen MR) is 54.4 cm³/mol. The normalized spacial score (nSPS) is 10.1. The number of esters is 1. The maximum Gasteiger partial charge on any atom is 0.313 e. The van der Waals surface area contributed by atoms with Gasteiger partial charge in [-0.1, -0.05) is 0 Å². The zero-order valence-corrected chi connectivity index (χ0v) is 8.77. The molecule has 1 aromatic rings. The van der Waals surface area contributed by atoms with E-state index in [2.05, 4.69) is 4.98 Å². The lowest BCUT2D eigenvalue weighted by Crippen LogP contribution is -2.15. The van der Waals surface area contributed by atoms with Crippen molar-refractivity contribution in [2.24, 2.45) is 0 Å². The average Bonchev–Trinajstić information content (AvgIpc) is 2.17. The molecule has 4 nitrogen and oxygen atoms in total. The number of rotatable bonds is 4. The third kappa shape index (κ3) is 3.89. The highest BCUT2D eigenvalue weighted by atomic mass is 16.5. The van der Waals surface area contributed by atoms with E-state index in [1.807, 2.05) is 0 Å². The Bertz CT molecular complexity index is 346. The lowest BCUT2D eigenvalue weighted by molar-refractivity contribution is -0.146. The van der Waals surface area contributed by atoms with Crippen molar-refractivity contribution in [1.29, 1.82) is 0 Å². The van der Waals surface area contributed by atoms with Gasteiger partial charge in [0.25, 0.3) is 0 Å². The van der Waals surface area contributed by atoms with Crippen molar-refractivity contribution in [3.8, 4) is 0 Å². The van der Waals surface area contributed by atoms with E-state index in [0.29, 0.717) is 5.56 Å². The van der Waals surface area contributed by atoms with Gasteiger partial charge >= 0.3 is 5.97 Å². The van der Waals surface area contributed by atoms with Crippen molar-refractivity contribution in [3.05, 3.63) is 30.1 Å². The third-order valence-corrected chi connectivity index (χ3v) is 1.67. The van der Waals surface area contributed by atoms with Gasteiger partial charge in [-0.25, -0.2) is 0 Å². The number of pyridine rings is 1. The summed E-state index contributed by atoms with van der Waals surface area (Å²) in [7, 11) is 0. The number of hydrogen-bond acceptors (Lipinski definition) is 4. The molecule has 0 unspecified atom stereocenters. The topological polar surface area (TPSA) is 56.3 Å². The van der Waals surface area contributed by atoms with Gasteiger partial charge in [-0.3, -0.25) is 14.6 Å². The first-order valence-electron chi connectivity index (χ1n) is 4.72. The van der Waals surface area contributed by atoms with Gasteiger partial charge in [-0.15, -0.1) is 0 Å². The van der Waals surface area contributed by atoms with Crippen LogP contribution in [0.4, 0.5) is 0 Å². The fraction of sp³-hybridized carbons (Fsp3) is 0.364. The molecule has 0 aliphatic rings. The number of carbonyl (C=O) groups is 2. The molecule has 1 heterocycles. The fourth-order valence-electron chi connectivity index (χ4n) is 1.08. The number of nitrogens with zero attached hydrogens (tertiary/aromatic N) is 1. The highest BCUT2D eigenvalue weighted by molar-refractivity contribution is 6.05. The van der Waals surface area contributed by atoms with Crippen LogP contribution >= 0.6 is 0 Å². The Morgan fingerprint density at radius 2 is 1.93 bits per heavy atom. The van der Waals surface area contributed by atoms with Crippen molar-refractivity contribution in [3.63, 3.8) is 0 Å². The van der Waals surface area contributed by atoms with Gasteiger partial charge in [-0.2, -0.15) is 0 Å². The minimum atomic E-state index is -0.494. The van der Waals surface area contributed by atoms with Crippen LogP contribution in [0.25, 0.3) is 0 Å². The zero-order chi connectivity index (χ0) is 11.3. The molecule has 1 aromatic heterocycles. The Hall–Kier alpha value is -1.71. The fourth-order valence-corrected chi connectivity index (χ4v) is 1.08. The Morgan fingerprint density at radius 1 is 1.33 bits per heavy atom. The van der Waals surface area contributed by atoms with E-state index in [1.165, 1.54) is 12.4 Å². The highest BCUT2D eigenvalue weighted by Gasteiger charge is 2.13. The maximum atomic E-state index is 11.5. The highest BCUT2D eigenvalue weighted by Crippen LogP contribution is 2.03. The number of hydrogen-bond donors (Lipinski definition) is 0. The van der Waals surface area contributed by atoms with Gasteiger partial charge in [-0.05, 0) is 26.0 Å². The van der Waals surface area contributed by atoms with Crippen LogP contribution in [0.1, 0.15) is 30.6 Å². The summed E-state index contributed by atoms with van der Waals surface area (Å²) in [6, 6.07) is 3.15. The minimum Gasteiger partial charge on any atom is -0.463 e. The molecule has 0 aromatic carbocycles. The van der Waals surface area contributed by atoms with Crippen molar-refractivity contribution in [2.45, 2.75) is 26.4 Å².